The fourth-order valence-corrected chi connectivity index (χ4v) is 1.87. The van der Waals surface area contributed by atoms with Crippen molar-refractivity contribution in [2.45, 2.75) is 24.8 Å². The highest BCUT2D eigenvalue weighted by molar-refractivity contribution is 5.98. The average Bonchev–Trinajstić information content (AvgIpc) is 2.21. The average molecular weight is 252 g/mol. The van der Waals surface area contributed by atoms with E-state index in [9.17, 15) is 14.4 Å². The second kappa shape index (κ2) is 4.17. The Balaban J connectivity index is 2.22. The molecule has 1 aliphatic carbocycles. The van der Waals surface area contributed by atoms with Crippen molar-refractivity contribution in [3.05, 3.63) is 28.0 Å². The maximum Gasteiger partial charge on any atom is 0.329 e. The predicted molar refractivity (Wildman–Crippen MR) is 60.4 cm³/mol. The summed E-state index contributed by atoms with van der Waals surface area (Å²) in [6, 6.07) is 2.08. The lowest BCUT2D eigenvalue weighted by Gasteiger charge is -2.38. The number of pyridine rings is 1. The van der Waals surface area contributed by atoms with Gasteiger partial charge in [0.15, 0.2) is 5.88 Å². The molecule has 1 fully saturated rings. The van der Waals surface area contributed by atoms with Gasteiger partial charge in [-0.3, -0.25) is 14.6 Å². The summed E-state index contributed by atoms with van der Waals surface area (Å²) >= 11 is 0. The number of aromatic nitrogens is 1. The van der Waals surface area contributed by atoms with Crippen LogP contribution in [0.4, 0.5) is 0 Å². The smallest absolute Gasteiger partial charge is 0.329 e. The van der Waals surface area contributed by atoms with E-state index < -0.39 is 28.9 Å². The third-order valence-electron chi connectivity index (χ3n) is 3.06. The number of hydrogen-bond acceptors (Lipinski definition) is 4. The highest BCUT2D eigenvalue weighted by Gasteiger charge is 2.45. The maximum atomic E-state index is 11.8. The molecular formula is C11H12N2O5. The van der Waals surface area contributed by atoms with Gasteiger partial charge in [0.25, 0.3) is 11.5 Å². The van der Waals surface area contributed by atoms with E-state index in [-0.39, 0.29) is 5.56 Å². The van der Waals surface area contributed by atoms with Gasteiger partial charge < -0.3 is 15.5 Å². The minimum atomic E-state index is -1.24. The molecule has 18 heavy (non-hydrogen) atoms. The Morgan fingerprint density at radius 2 is 2.00 bits per heavy atom. The zero-order valence-corrected chi connectivity index (χ0v) is 9.40. The molecular weight excluding hydrogens is 240 g/mol. The normalized spacial score (nSPS) is 16.7. The predicted octanol–water partition coefficient (Wildman–Crippen LogP) is -0.182. The Hall–Kier alpha value is -2.31. The van der Waals surface area contributed by atoms with Gasteiger partial charge in [-0.2, -0.15) is 0 Å². The molecule has 1 heterocycles. The summed E-state index contributed by atoms with van der Waals surface area (Å²) in [6.45, 7) is 0. The molecule has 2 rings (SSSR count). The van der Waals surface area contributed by atoms with Crippen LogP contribution in [0.1, 0.15) is 29.6 Å². The first-order valence-electron chi connectivity index (χ1n) is 5.42. The van der Waals surface area contributed by atoms with Crippen LogP contribution in [0.25, 0.3) is 0 Å². The van der Waals surface area contributed by atoms with Gasteiger partial charge in [0, 0.05) is 12.1 Å². The van der Waals surface area contributed by atoms with Gasteiger partial charge in [-0.05, 0) is 19.3 Å². The zero-order valence-electron chi connectivity index (χ0n) is 9.40. The molecule has 0 atom stereocenters. The molecule has 1 aliphatic rings. The van der Waals surface area contributed by atoms with E-state index in [0.29, 0.717) is 12.8 Å². The quantitative estimate of drug-likeness (QED) is 0.594. The number of carbonyl (C=O) groups is 2. The Kier molecular flexibility index (Phi) is 2.82. The minimum absolute atomic E-state index is 0.0659. The summed E-state index contributed by atoms with van der Waals surface area (Å²) in [5.74, 6) is -2.21. The van der Waals surface area contributed by atoms with Gasteiger partial charge in [-0.25, -0.2) is 4.79 Å². The number of aromatic amines is 1. The fraction of sp³-hybridized carbons (Fsp3) is 0.364. The summed E-state index contributed by atoms with van der Waals surface area (Å²) < 4.78 is 0. The number of nitrogens with one attached hydrogen (secondary N) is 2. The van der Waals surface area contributed by atoms with Gasteiger partial charge in [0.1, 0.15) is 5.54 Å². The first kappa shape index (κ1) is 12.2. The number of aromatic hydroxyl groups is 1. The molecule has 4 N–H and O–H groups in total. The second-order valence-corrected chi connectivity index (χ2v) is 4.31. The van der Waals surface area contributed by atoms with E-state index >= 15 is 0 Å². The van der Waals surface area contributed by atoms with E-state index in [1.807, 2.05) is 0 Å². The lowest BCUT2D eigenvalue weighted by molar-refractivity contribution is -0.148. The molecule has 0 saturated heterocycles. The van der Waals surface area contributed by atoms with Crippen molar-refractivity contribution in [3.8, 4) is 5.88 Å². The van der Waals surface area contributed by atoms with Crippen LogP contribution in [0.3, 0.4) is 0 Å². The van der Waals surface area contributed by atoms with Crippen LogP contribution in [-0.2, 0) is 4.79 Å². The van der Waals surface area contributed by atoms with Gasteiger partial charge in [-0.15, -0.1) is 0 Å². The fourth-order valence-electron chi connectivity index (χ4n) is 1.87. The third kappa shape index (κ3) is 2.06. The molecule has 0 bridgehead atoms. The van der Waals surface area contributed by atoms with Crippen LogP contribution in [0, 0.1) is 0 Å². The van der Waals surface area contributed by atoms with E-state index in [1.165, 1.54) is 0 Å². The summed E-state index contributed by atoms with van der Waals surface area (Å²) in [4.78, 5) is 36.1. The number of amides is 1. The first-order valence-corrected chi connectivity index (χ1v) is 5.42. The Morgan fingerprint density at radius 3 is 2.44 bits per heavy atom. The summed E-state index contributed by atoms with van der Waals surface area (Å²) in [5.41, 5.74) is -1.93. The number of aliphatic carboxylic acids is 1. The Labute approximate surface area is 101 Å². The van der Waals surface area contributed by atoms with Crippen LogP contribution in [0.5, 0.6) is 5.88 Å². The van der Waals surface area contributed by atoms with E-state index in [2.05, 4.69) is 10.3 Å². The number of carbonyl (C=O) groups excluding carboxylic acids is 1. The van der Waals surface area contributed by atoms with Crippen molar-refractivity contribution < 1.29 is 19.8 Å². The monoisotopic (exact) mass is 252 g/mol. The van der Waals surface area contributed by atoms with Crippen molar-refractivity contribution in [2.75, 3.05) is 0 Å². The second-order valence-electron chi connectivity index (χ2n) is 4.31. The summed E-state index contributed by atoms with van der Waals surface area (Å²) in [5, 5.41) is 20.6. The molecule has 0 unspecified atom stereocenters. The molecule has 0 aliphatic heterocycles. The van der Waals surface area contributed by atoms with Gasteiger partial charge >= 0.3 is 5.97 Å². The number of H-pyrrole nitrogens is 1. The lowest BCUT2D eigenvalue weighted by Crippen LogP contribution is -2.59. The minimum Gasteiger partial charge on any atom is -0.494 e. The molecule has 1 aromatic rings. The molecule has 96 valence electrons. The molecule has 1 amide bonds. The van der Waals surface area contributed by atoms with Gasteiger partial charge in [0.05, 0.1) is 5.56 Å². The van der Waals surface area contributed by atoms with Crippen LogP contribution in [0.15, 0.2) is 16.9 Å². The molecule has 1 saturated carbocycles. The summed E-state index contributed by atoms with van der Waals surface area (Å²) in [6.07, 6.45) is 1.46. The molecule has 7 nitrogen and oxygen atoms in total. The van der Waals surface area contributed by atoms with E-state index in [1.54, 1.807) is 0 Å². The first-order chi connectivity index (χ1) is 8.43. The van der Waals surface area contributed by atoms with Crippen molar-refractivity contribution in [1.29, 1.82) is 0 Å². The SMILES string of the molecule is O=C(NC1(C(=O)O)CCC1)c1cc(O)[nH]c(=O)c1. The highest BCUT2D eigenvalue weighted by Crippen LogP contribution is 2.32. The van der Waals surface area contributed by atoms with Crippen LogP contribution < -0.4 is 10.9 Å². The van der Waals surface area contributed by atoms with Crippen molar-refractivity contribution in [1.82, 2.24) is 10.3 Å². The van der Waals surface area contributed by atoms with Gasteiger partial charge in [0.2, 0.25) is 0 Å². The number of carboxylic acids is 1. The number of carboxylic acid groups (broad SMARTS) is 1. The van der Waals surface area contributed by atoms with Gasteiger partial charge in [-0.1, -0.05) is 0 Å². The molecule has 0 aromatic carbocycles. The molecule has 0 radical (unpaired) electrons. The standard InChI is InChI=1S/C11H12N2O5/c14-7-4-6(5-8(15)12-7)9(16)13-11(10(17)18)2-1-3-11/h4-5H,1-3H2,(H,13,16)(H,17,18)(H2,12,14,15). The molecule has 0 spiro atoms. The zero-order chi connectivity index (χ0) is 13.3. The maximum absolute atomic E-state index is 11.8. The highest BCUT2D eigenvalue weighted by atomic mass is 16.4. The van der Waals surface area contributed by atoms with E-state index in [0.717, 1.165) is 18.6 Å². The number of hydrogen-bond donors (Lipinski definition) is 4. The summed E-state index contributed by atoms with van der Waals surface area (Å²) in [7, 11) is 0. The third-order valence-corrected chi connectivity index (χ3v) is 3.06. The Morgan fingerprint density at radius 1 is 1.33 bits per heavy atom. The van der Waals surface area contributed by atoms with E-state index in [4.69, 9.17) is 10.2 Å². The van der Waals surface area contributed by atoms with Crippen molar-refractivity contribution in [2.24, 2.45) is 0 Å². The van der Waals surface area contributed by atoms with Crippen molar-refractivity contribution >= 4 is 11.9 Å². The van der Waals surface area contributed by atoms with Crippen LogP contribution >= 0.6 is 0 Å². The topological polar surface area (TPSA) is 119 Å². The molecule has 7 heteroatoms. The Bertz CT molecular complexity index is 559. The van der Waals surface area contributed by atoms with Crippen LogP contribution in [0.2, 0.25) is 0 Å². The van der Waals surface area contributed by atoms with Crippen molar-refractivity contribution in [3.63, 3.8) is 0 Å². The molecule has 1 aromatic heterocycles. The van der Waals surface area contributed by atoms with Crippen LogP contribution in [-0.4, -0.2) is 32.6 Å². The lowest BCUT2D eigenvalue weighted by atomic mass is 9.76. The number of rotatable bonds is 3. The largest absolute Gasteiger partial charge is 0.494 e.